The minimum atomic E-state index is -0.631. The molecule has 0 aliphatic carbocycles. The molecule has 0 radical (unpaired) electrons. The Morgan fingerprint density at radius 3 is 2.55 bits per heavy atom. The molecule has 0 aliphatic heterocycles. The van der Waals surface area contributed by atoms with Gasteiger partial charge >= 0.3 is 0 Å². The van der Waals surface area contributed by atoms with Gasteiger partial charge in [0.05, 0.1) is 0 Å². The first-order valence-electron chi connectivity index (χ1n) is 6.76. The van der Waals surface area contributed by atoms with Gasteiger partial charge in [-0.15, -0.1) is 0 Å². The Morgan fingerprint density at radius 2 is 1.86 bits per heavy atom. The van der Waals surface area contributed by atoms with Gasteiger partial charge in [-0.25, -0.2) is 9.97 Å². The zero-order chi connectivity index (χ0) is 15.5. The van der Waals surface area contributed by atoms with E-state index in [0.29, 0.717) is 11.6 Å². The van der Waals surface area contributed by atoms with Crippen LogP contribution in [0.1, 0.15) is 11.6 Å². The Balaban J connectivity index is 2.12. The van der Waals surface area contributed by atoms with Crippen LogP contribution in [0.3, 0.4) is 0 Å². The van der Waals surface area contributed by atoms with Crippen LogP contribution >= 0.6 is 0 Å². The van der Waals surface area contributed by atoms with Crippen LogP contribution in [0.5, 0.6) is 0 Å². The number of carbonyl (C=O) groups is 1. The molecule has 2 aromatic heterocycles. The number of hydrogen-bond donors (Lipinski definition) is 2. The molecule has 110 valence electrons. The van der Waals surface area contributed by atoms with Crippen molar-refractivity contribution in [3.63, 3.8) is 0 Å². The average Bonchev–Trinajstić information content (AvgIpc) is 2.97. The van der Waals surface area contributed by atoms with E-state index in [2.05, 4.69) is 9.97 Å². The van der Waals surface area contributed by atoms with E-state index in [-0.39, 0.29) is 0 Å². The van der Waals surface area contributed by atoms with Crippen LogP contribution in [0.2, 0.25) is 0 Å². The zero-order valence-corrected chi connectivity index (χ0v) is 11.8. The molecule has 1 aromatic carbocycles. The third kappa shape index (κ3) is 2.54. The van der Waals surface area contributed by atoms with Gasteiger partial charge in [-0.1, -0.05) is 30.3 Å². The van der Waals surface area contributed by atoms with Gasteiger partial charge in [-0.05, 0) is 17.7 Å². The quantitative estimate of drug-likeness (QED) is 0.763. The van der Waals surface area contributed by atoms with Crippen molar-refractivity contribution in [2.75, 3.05) is 5.73 Å². The van der Waals surface area contributed by atoms with Crippen LogP contribution in [-0.4, -0.2) is 20.4 Å². The topological polar surface area (TPSA) is 99.8 Å². The summed E-state index contributed by atoms with van der Waals surface area (Å²) >= 11 is 0. The number of pyridine rings is 1. The standard InChI is InChI=1S/C16H15N5O/c17-13-10-12(6-7-19-13)16-20-8-9-21(16)14(15(18)22)11-4-2-1-3-5-11/h1-10,14H,(H2,17,19)(H2,18,22)/t14-/m0/s1. The summed E-state index contributed by atoms with van der Waals surface area (Å²) in [6, 6.07) is 12.2. The number of amides is 1. The van der Waals surface area contributed by atoms with E-state index in [4.69, 9.17) is 11.5 Å². The largest absolute Gasteiger partial charge is 0.384 e. The van der Waals surface area contributed by atoms with E-state index in [1.807, 2.05) is 30.3 Å². The Bertz CT molecular complexity index is 797. The number of nitrogen functional groups attached to an aromatic ring is 1. The molecule has 22 heavy (non-hydrogen) atoms. The highest BCUT2D eigenvalue weighted by atomic mass is 16.1. The summed E-state index contributed by atoms with van der Waals surface area (Å²) in [5.74, 6) is 0.552. The average molecular weight is 293 g/mol. The van der Waals surface area contributed by atoms with E-state index < -0.39 is 11.9 Å². The minimum absolute atomic E-state index is 0.391. The maximum absolute atomic E-state index is 12.0. The van der Waals surface area contributed by atoms with Crippen LogP contribution in [0.4, 0.5) is 5.82 Å². The van der Waals surface area contributed by atoms with Crippen molar-refractivity contribution in [1.29, 1.82) is 0 Å². The second kappa shape index (κ2) is 5.69. The van der Waals surface area contributed by atoms with Crippen molar-refractivity contribution in [2.24, 2.45) is 5.73 Å². The van der Waals surface area contributed by atoms with Crippen LogP contribution in [-0.2, 0) is 4.79 Å². The van der Waals surface area contributed by atoms with Gasteiger partial charge in [-0.3, -0.25) is 4.79 Å². The summed E-state index contributed by atoms with van der Waals surface area (Å²) in [4.78, 5) is 20.3. The summed E-state index contributed by atoms with van der Waals surface area (Å²) in [6.07, 6.45) is 4.96. The number of imidazole rings is 1. The summed E-state index contributed by atoms with van der Waals surface area (Å²) in [7, 11) is 0. The predicted molar refractivity (Wildman–Crippen MR) is 83.6 cm³/mol. The third-order valence-corrected chi connectivity index (χ3v) is 3.37. The number of rotatable bonds is 4. The molecule has 0 unspecified atom stereocenters. The number of carbonyl (C=O) groups excluding carboxylic acids is 1. The van der Waals surface area contributed by atoms with Crippen LogP contribution in [0.15, 0.2) is 61.1 Å². The third-order valence-electron chi connectivity index (χ3n) is 3.37. The van der Waals surface area contributed by atoms with Gasteiger partial charge in [0.1, 0.15) is 17.7 Å². The van der Waals surface area contributed by atoms with E-state index in [9.17, 15) is 4.79 Å². The van der Waals surface area contributed by atoms with Crippen molar-refractivity contribution >= 4 is 11.7 Å². The van der Waals surface area contributed by atoms with Crippen molar-refractivity contribution in [3.8, 4) is 11.4 Å². The molecular formula is C16H15N5O. The molecule has 4 N–H and O–H groups in total. The Kier molecular flexibility index (Phi) is 3.57. The van der Waals surface area contributed by atoms with Gasteiger partial charge in [0.2, 0.25) is 5.91 Å². The number of nitrogens with two attached hydrogens (primary N) is 2. The SMILES string of the molecule is NC(=O)[C@H](c1ccccc1)n1ccnc1-c1ccnc(N)c1. The normalized spacial score (nSPS) is 12.0. The maximum Gasteiger partial charge on any atom is 0.245 e. The van der Waals surface area contributed by atoms with Crippen LogP contribution in [0.25, 0.3) is 11.4 Å². The van der Waals surface area contributed by atoms with Gasteiger partial charge in [0, 0.05) is 24.2 Å². The van der Waals surface area contributed by atoms with Gasteiger partial charge < -0.3 is 16.0 Å². The molecule has 0 spiro atoms. The first-order valence-corrected chi connectivity index (χ1v) is 6.76. The molecule has 1 amide bonds. The lowest BCUT2D eigenvalue weighted by atomic mass is 10.1. The van der Waals surface area contributed by atoms with Crippen molar-refractivity contribution in [1.82, 2.24) is 14.5 Å². The fourth-order valence-electron chi connectivity index (χ4n) is 2.43. The first kappa shape index (κ1) is 13.8. The fourth-order valence-corrected chi connectivity index (χ4v) is 2.43. The van der Waals surface area contributed by atoms with Crippen LogP contribution < -0.4 is 11.5 Å². The molecule has 0 bridgehead atoms. The monoisotopic (exact) mass is 293 g/mol. The smallest absolute Gasteiger partial charge is 0.245 e. The summed E-state index contributed by atoms with van der Waals surface area (Å²) < 4.78 is 1.74. The number of hydrogen-bond acceptors (Lipinski definition) is 4. The van der Waals surface area contributed by atoms with E-state index in [1.165, 1.54) is 0 Å². The number of nitrogens with zero attached hydrogens (tertiary/aromatic N) is 3. The van der Waals surface area contributed by atoms with E-state index in [1.54, 1.807) is 35.3 Å². The summed E-state index contributed by atoms with van der Waals surface area (Å²) in [5, 5.41) is 0. The number of aromatic nitrogens is 3. The highest BCUT2D eigenvalue weighted by molar-refractivity contribution is 5.82. The lowest BCUT2D eigenvalue weighted by Crippen LogP contribution is -2.27. The van der Waals surface area contributed by atoms with Gasteiger partial charge in [-0.2, -0.15) is 0 Å². The number of benzene rings is 1. The molecule has 0 saturated carbocycles. The van der Waals surface area contributed by atoms with Crippen molar-refractivity contribution in [3.05, 3.63) is 66.6 Å². The van der Waals surface area contributed by atoms with Gasteiger partial charge in [0.15, 0.2) is 0 Å². The minimum Gasteiger partial charge on any atom is -0.384 e. The summed E-state index contributed by atoms with van der Waals surface area (Å²) in [6.45, 7) is 0. The Labute approximate surface area is 127 Å². The molecular weight excluding hydrogens is 278 g/mol. The van der Waals surface area contributed by atoms with Crippen molar-refractivity contribution < 1.29 is 4.79 Å². The molecule has 3 aromatic rings. The maximum atomic E-state index is 12.0. The van der Waals surface area contributed by atoms with E-state index >= 15 is 0 Å². The van der Waals surface area contributed by atoms with Crippen molar-refractivity contribution in [2.45, 2.75) is 6.04 Å². The summed E-state index contributed by atoms with van der Waals surface area (Å²) in [5.41, 5.74) is 12.9. The number of anilines is 1. The van der Waals surface area contributed by atoms with Gasteiger partial charge in [0.25, 0.3) is 0 Å². The number of primary amides is 1. The lowest BCUT2D eigenvalue weighted by Gasteiger charge is -2.18. The molecule has 3 rings (SSSR count). The first-order chi connectivity index (χ1) is 10.7. The zero-order valence-electron chi connectivity index (χ0n) is 11.8. The highest BCUT2D eigenvalue weighted by Gasteiger charge is 2.22. The van der Waals surface area contributed by atoms with Crippen LogP contribution in [0, 0.1) is 0 Å². The molecule has 6 heteroatoms. The fraction of sp³-hybridized carbons (Fsp3) is 0.0625. The second-order valence-electron chi connectivity index (χ2n) is 4.84. The van der Waals surface area contributed by atoms with E-state index in [0.717, 1.165) is 11.1 Å². The predicted octanol–water partition coefficient (Wildman–Crippen LogP) is 1.60. The molecule has 2 heterocycles. The Hall–Kier alpha value is -3.15. The Morgan fingerprint density at radius 1 is 1.09 bits per heavy atom. The molecule has 6 nitrogen and oxygen atoms in total. The molecule has 0 fully saturated rings. The highest BCUT2D eigenvalue weighted by Crippen LogP contribution is 2.26. The second-order valence-corrected chi connectivity index (χ2v) is 4.84. The molecule has 0 aliphatic rings. The molecule has 1 atom stereocenters. The molecule has 0 saturated heterocycles. The lowest BCUT2D eigenvalue weighted by molar-refractivity contribution is -0.120.